The Balaban J connectivity index is 2.15. The molecule has 1 heterocycles. The first kappa shape index (κ1) is 8.76. The Bertz CT molecular complexity index is 255. The Morgan fingerprint density at radius 2 is 2.00 bits per heavy atom. The van der Waals surface area contributed by atoms with Gasteiger partial charge in [0.15, 0.2) is 0 Å². The summed E-state index contributed by atoms with van der Waals surface area (Å²) in [6.45, 7) is 3.47. The highest BCUT2D eigenvalue weighted by molar-refractivity contribution is 5.21. The summed E-state index contributed by atoms with van der Waals surface area (Å²) in [5, 5.41) is 3.53. The van der Waals surface area contributed by atoms with Gasteiger partial charge in [0.25, 0.3) is 0 Å². The number of rotatable bonds is 1. The number of benzene rings is 1. The third kappa shape index (κ3) is 1.92. The molecule has 0 saturated carbocycles. The van der Waals surface area contributed by atoms with Crippen molar-refractivity contribution in [1.82, 2.24) is 5.32 Å². The zero-order valence-corrected chi connectivity index (χ0v) is 8.16. The molecule has 0 aromatic heterocycles. The van der Waals surface area contributed by atoms with Crippen molar-refractivity contribution >= 4 is 0 Å². The fourth-order valence-electron chi connectivity index (χ4n) is 2.20. The summed E-state index contributed by atoms with van der Waals surface area (Å²) in [5.74, 6) is 0.718. The van der Waals surface area contributed by atoms with E-state index in [-0.39, 0.29) is 0 Å². The Hall–Kier alpha value is -0.820. The van der Waals surface area contributed by atoms with Gasteiger partial charge in [0, 0.05) is 6.04 Å². The van der Waals surface area contributed by atoms with Gasteiger partial charge in [-0.3, -0.25) is 0 Å². The first-order valence-electron chi connectivity index (χ1n) is 5.16. The van der Waals surface area contributed by atoms with Crippen molar-refractivity contribution in [1.29, 1.82) is 0 Å². The van der Waals surface area contributed by atoms with Gasteiger partial charge in [-0.15, -0.1) is 0 Å². The number of hydrogen-bond acceptors (Lipinski definition) is 1. The summed E-state index contributed by atoms with van der Waals surface area (Å²) in [4.78, 5) is 0. The molecule has 13 heavy (non-hydrogen) atoms. The van der Waals surface area contributed by atoms with Crippen LogP contribution in [-0.4, -0.2) is 12.6 Å². The molecule has 0 bridgehead atoms. The van der Waals surface area contributed by atoms with Gasteiger partial charge < -0.3 is 5.32 Å². The van der Waals surface area contributed by atoms with Gasteiger partial charge in [0.1, 0.15) is 0 Å². The van der Waals surface area contributed by atoms with E-state index >= 15 is 0 Å². The molecule has 0 amide bonds. The predicted molar refractivity (Wildman–Crippen MR) is 55.9 cm³/mol. The minimum Gasteiger partial charge on any atom is -0.314 e. The Morgan fingerprint density at radius 1 is 1.23 bits per heavy atom. The van der Waals surface area contributed by atoms with E-state index in [1.54, 1.807) is 0 Å². The molecule has 1 aromatic carbocycles. The van der Waals surface area contributed by atoms with Crippen LogP contribution in [0.3, 0.4) is 0 Å². The highest BCUT2D eigenvalue weighted by Gasteiger charge is 2.21. The molecule has 1 heteroatoms. The molecule has 2 rings (SSSR count). The monoisotopic (exact) mass is 175 g/mol. The van der Waals surface area contributed by atoms with Crippen LogP contribution in [0.1, 0.15) is 31.2 Å². The maximum absolute atomic E-state index is 3.53. The third-order valence-corrected chi connectivity index (χ3v) is 2.99. The standard InChI is InChI=1S/C12H17N/c1-10-12(8-5-9-13-10)11-6-3-2-4-7-11/h2-4,6-7,10,12-13H,5,8-9H2,1H3/t10-,12-/m0/s1. The number of nitrogens with one attached hydrogen (secondary N) is 1. The molecule has 1 nitrogen and oxygen atoms in total. The van der Waals surface area contributed by atoms with Crippen molar-refractivity contribution in [2.75, 3.05) is 6.54 Å². The molecule has 1 N–H and O–H groups in total. The second kappa shape index (κ2) is 3.93. The lowest BCUT2D eigenvalue weighted by atomic mass is 9.86. The van der Waals surface area contributed by atoms with Gasteiger partial charge in [-0.2, -0.15) is 0 Å². The van der Waals surface area contributed by atoms with Crippen LogP contribution in [0.5, 0.6) is 0 Å². The first-order chi connectivity index (χ1) is 6.38. The van der Waals surface area contributed by atoms with Crippen molar-refractivity contribution < 1.29 is 0 Å². The lowest BCUT2D eigenvalue weighted by molar-refractivity contribution is 0.371. The molecular formula is C12H17N. The van der Waals surface area contributed by atoms with E-state index in [0.29, 0.717) is 6.04 Å². The van der Waals surface area contributed by atoms with Crippen molar-refractivity contribution in [3.63, 3.8) is 0 Å². The van der Waals surface area contributed by atoms with Crippen LogP contribution >= 0.6 is 0 Å². The van der Waals surface area contributed by atoms with E-state index in [1.807, 2.05) is 0 Å². The van der Waals surface area contributed by atoms with E-state index in [4.69, 9.17) is 0 Å². The second-order valence-corrected chi connectivity index (χ2v) is 3.90. The highest BCUT2D eigenvalue weighted by atomic mass is 14.9. The summed E-state index contributed by atoms with van der Waals surface area (Å²) in [7, 11) is 0. The third-order valence-electron chi connectivity index (χ3n) is 2.99. The van der Waals surface area contributed by atoms with Crippen LogP contribution in [0, 0.1) is 0 Å². The Labute approximate surface area is 80.2 Å². The van der Waals surface area contributed by atoms with Crippen LogP contribution in [0.4, 0.5) is 0 Å². The van der Waals surface area contributed by atoms with Gasteiger partial charge >= 0.3 is 0 Å². The minimum absolute atomic E-state index is 0.635. The SMILES string of the molecule is C[C@@H]1NCCC[C@@H]1c1ccccc1. The first-order valence-corrected chi connectivity index (χ1v) is 5.16. The molecule has 0 spiro atoms. The lowest BCUT2D eigenvalue weighted by Crippen LogP contribution is -2.37. The fraction of sp³-hybridized carbons (Fsp3) is 0.500. The van der Waals surface area contributed by atoms with Crippen molar-refractivity contribution in [2.24, 2.45) is 0 Å². The maximum Gasteiger partial charge on any atom is 0.0107 e. The quantitative estimate of drug-likeness (QED) is 0.691. The Morgan fingerprint density at radius 3 is 2.69 bits per heavy atom. The van der Waals surface area contributed by atoms with E-state index in [0.717, 1.165) is 5.92 Å². The smallest absolute Gasteiger partial charge is 0.0107 e. The average molecular weight is 175 g/mol. The van der Waals surface area contributed by atoms with Crippen LogP contribution in [0.15, 0.2) is 30.3 Å². The molecule has 2 atom stereocenters. The summed E-state index contributed by atoms with van der Waals surface area (Å²) >= 11 is 0. The summed E-state index contributed by atoms with van der Waals surface area (Å²) in [5.41, 5.74) is 1.49. The van der Waals surface area contributed by atoms with Crippen molar-refractivity contribution in [3.8, 4) is 0 Å². The second-order valence-electron chi connectivity index (χ2n) is 3.90. The maximum atomic E-state index is 3.53. The summed E-state index contributed by atoms with van der Waals surface area (Å²) in [6.07, 6.45) is 2.64. The minimum atomic E-state index is 0.635. The van der Waals surface area contributed by atoms with Gasteiger partial charge in [0.05, 0.1) is 0 Å². The zero-order chi connectivity index (χ0) is 9.10. The van der Waals surface area contributed by atoms with Crippen LogP contribution in [0.2, 0.25) is 0 Å². The van der Waals surface area contributed by atoms with Gasteiger partial charge in [0.2, 0.25) is 0 Å². The molecule has 1 saturated heterocycles. The van der Waals surface area contributed by atoms with Gasteiger partial charge in [-0.1, -0.05) is 30.3 Å². The topological polar surface area (TPSA) is 12.0 Å². The average Bonchev–Trinajstić information content (AvgIpc) is 2.20. The molecule has 1 aliphatic heterocycles. The highest BCUT2D eigenvalue weighted by Crippen LogP contribution is 2.27. The Kier molecular flexibility index (Phi) is 2.65. The van der Waals surface area contributed by atoms with Crippen LogP contribution in [0.25, 0.3) is 0 Å². The number of hydrogen-bond donors (Lipinski definition) is 1. The van der Waals surface area contributed by atoms with Gasteiger partial charge in [-0.25, -0.2) is 0 Å². The molecule has 70 valence electrons. The van der Waals surface area contributed by atoms with Crippen LogP contribution in [-0.2, 0) is 0 Å². The van der Waals surface area contributed by atoms with E-state index < -0.39 is 0 Å². The lowest BCUT2D eigenvalue weighted by Gasteiger charge is -2.30. The van der Waals surface area contributed by atoms with E-state index in [2.05, 4.69) is 42.6 Å². The number of piperidine rings is 1. The van der Waals surface area contributed by atoms with Crippen LogP contribution < -0.4 is 5.32 Å². The molecule has 0 unspecified atom stereocenters. The summed E-state index contributed by atoms with van der Waals surface area (Å²) in [6, 6.07) is 11.5. The largest absolute Gasteiger partial charge is 0.314 e. The molecule has 0 radical (unpaired) electrons. The normalized spacial score (nSPS) is 28.7. The van der Waals surface area contributed by atoms with Crippen molar-refractivity contribution in [3.05, 3.63) is 35.9 Å². The van der Waals surface area contributed by atoms with E-state index in [9.17, 15) is 0 Å². The van der Waals surface area contributed by atoms with Crippen molar-refractivity contribution in [2.45, 2.75) is 31.7 Å². The summed E-state index contributed by atoms with van der Waals surface area (Å²) < 4.78 is 0. The molecule has 1 fully saturated rings. The predicted octanol–water partition coefficient (Wildman–Crippen LogP) is 2.54. The fourth-order valence-corrected chi connectivity index (χ4v) is 2.20. The van der Waals surface area contributed by atoms with E-state index in [1.165, 1.54) is 24.9 Å². The molecule has 1 aliphatic rings. The molecule has 0 aliphatic carbocycles. The molecular weight excluding hydrogens is 158 g/mol. The zero-order valence-electron chi connectivity index (χ0n) is 8.16. The van der Waals surface area contributed by atoms with Gasteiger partial charge in [-0.05, 0) is 37.8 Å². The molecule has 1 aromatic rings.